The van der Waals surface area contributed by atoms with E-state index in [2.05, 4.69) is 16.4 Å². The fourth-order valence-corrected chi connectivity index (χ4v) is 3.19. The van der Waals surface area contributed by atoms with Gasteiger partial charge in [-0.05, 0) is 30.9 Å². The largest absolute Gasteiger partial charge is 0.375 e. The number of carbonyl (C=O) groups is 1. The van der Waals surface area contributed by atoms with Crippen LogP contribution in [0.4, 0.5) is 0 Å². The summed E-state index contributed by atoms with van der Waals surface area (Å²) in [6.07, 6.45) is 3.02. The van der Waals surface area contributed by atoms with E-state index in [1.54, 1.807) is 0 Å². The van der Waals surface area contributed by atoms with Crippen molar-refractivity contribution in [1.29, 1.82) is 0 Å². The Morgan fingerprint density at radius 3 is 3.20 bits per heavy atom. The Morgan fingerprint density at radius 2 is 2.40 bits per heavy atom. The SMILES string of the molecule is COCC(=O)N[C@@H]1CCCc2c1[nH]c1c(Cl)cccc21. The zero-order chi connectivity index (χ0) is 14.1. The van der Waals surface area contributed by atoms with E-state index in [0.717, 1.165) is 40.9 Å². The van der Waals surface area contributed by atoms with Gasteiger partial charge in [0.05, 0.1) is 16.6 Å². The number of aromatic nitrogens is 1. The molecule has 5 heteroatoms. The molecule has 1 aliphatic rings. The zero-order valence-electron chi connectivity index (χ0n) is 11.3. The van der Waals surface area contributed by atoms with Crippen LogP contribution in [0.15, 0.2) is 18.2 Å². The van der Waals surface area contributed by atoms with Gasteiger partial charge in [0, 0.05) is 18.2 Å². The number of aromatic amines is 1. The quantitative estimate of drug-likeness (QED) is 0.914. The molecule has 2 N–H and O–H groups in total. The van der Waals surface area contributed by atoms with Gasteiger partial charge in [-0.15, -0.1) is 0 Å². The highest BCUT2D eigenvalue weighted by Crippen LogP contribution is 2.36. The molecule has 1 atom stereocenters. The number of para-hydroxylation sites is 1. The fraction of sp³-hybridized carbons (Fsp3) is 0.400. The van der Waals surface area contributed by atoms with E-state index in [1.807, 2.05) is 12.1 Å². The molecular formula is C15H17ClN2O2. The monoisotopic (exact) mass is 292 g/mol. The number of benzene rings is 1. The molecule has 0 saturated heterocycles. The number of aryl methyl sites for hydroxylation is 1. The number of halogens is 1. The topological polar surface area (TPSA) is 54.1 Å². The summed E-state index contributed by atoms with van der Waals surface area (Å²) < 4.78 is 4.87. The number of fused-ring (bicyclic) bond motifs is 3. The number of hydrogen-bond donors (Lipinski definition) is 2. The standard InChI is InChI=1S/C15H17ClN2O2/c1-20-8-13(19)17-12-7-3-5-10-9-4-2-6-11(16)14(9)18-15(10)12/h2,4,6,12,18H,3,5,7-8H2,1H3,(H,17,19)/t12-/m1/s1. The van der Waals surface area contributed by atoms with Crippen LogP contribution in [0.1, 0.15) is 30.1 Å². The summed E-state index contributed by atoms with van der Waals surface area (Å²) in [7, 11) is 1.52. The van der Waals surface area contributed by atoms with Crippen molar-refractivity contribution in [1.82, 2.24) is 10.3 Å². The van der Waals surface area contributed by atoms with Gasteiger partial charge in [0.25, 0.3) is 0 Å². The third-order valence-corrected chi connectivity index (χ3v) is 4.12. The van der Waals surface area contributed by atoms with Gasteiger partial charge < -0.3 is 15.0 Å². The number of hydrogen-bond acceptors (Lipinski definition) is 2. The Hall–Kier alpha value is -1.52. The summed E-state index contributed by atoms with van der Waals surface area (Å²) in [5.74, 6) is -0.0879. The maximum Gasteiger partial charge on any atom is 0.246 e. The highest BCUT2D eigenvalue weighted by molar-refractivity contribution is 6.35. The summed E-state index contributed by atoms with van der Waals surface area (Å²) in [4.78, 5) is 15.1. The van der Waals surface area contributed by atoms with Crippen molar-refractivity contribution in [2.24, 2.45) is 0 Å². The molecule has 0 aliphatic heterocycles. The van der Waals surface area contributed by atoms with Crippen LogP contribution >= 0.6 is 11.6 Å². The lowest BCUT2D eigenvalue weighted by molar-refractivity contribution is -0.125. The second-order valence-corrected chi connectivity index (χ2v) is 5.53. The molecule has 1 aromatic heterocycles. The molecule has 1 amide bonds. The van der Waals surface area contributed by atoms with E-state index in [9.17, 15) is 4.79 Å². The van der Waals surface area contributed by atoms with Gasteiger partial charge in [0.2, 0.25) is 5.91 Å². The van der Waals surface area contributed by atoms with Gasteiger partial charge in [0.15, 0.2) is 0 Å². The Morgan fingerprint density at radius 1 is 1.55 bits per heavy atom. The fourth-order valence-electron chi connectivity index (χ4n) is 2.96. The van der Waals surface area contributed by atoms with Crippen molar-refractivity contribution in [3.63, 3.8) is 0 Å². The van der Waals surface area contributed by atoms with E-state index in [0.29, 0.717) is 0 Å². The van der Waals surface area contributed by atoms with Crippen molar-refractivity contribution in [2.75, 3.05) is 13.7 Å². The lowest BCUT2D eigenvalue weighted by atomic mass is 9.91. The molecule has 4 nitrogen and oxygen atoms in total. The van der Waals surface area contributed by atoms with Gasteiger partial charge in [-0.3, -0.25) is 4.79 Å². The molecule has 2 aromatic rings. The molecule has 20 heavy (non-hydrogen) atoms. The van der Waals surface area contributed by atoms with E-state index in [1.165, 1.54) is 12.7 Å². The Kier molecular flexibility index (Phi) is 3.68. The molecule has 0 unspecified atom stereocenters. The van der Waals surface area contributed by atoms with Crippen LogP contribution in [0.25, 0.3) is 10.9 Å². The van der Waals surface area contributed by atoms with Crippen molar-refractivity contribution in [3.8, 4) is 0 Å². The maximum atomic E-state index is 11.7. The van der Waals surface area contributed by atoms with Crippen molar-refractivity contribution in [2.45, 2.75) is 25.3 Å². The molecule has 0 radical (unpaired) electrons. The van der Waals surface area contributed by atoms with Crippen LogP contribution in [0, 0.1) is 0 Å². The normalized spacial score (nSPS) is 18.0. The number of ether oxygens (including phenoxy) is 1. The van der Waals surface area contributed by atoms with E-state index < -0.39 is 0 Å². The molecule has 0 bridgehead atoms. The summed E-state index contributed by atoms with van der Waals surface area (Å²) in [6.45, 7) is 0.0901. The molecular weight excluding hydrogens is 276 g/mol. The Bertz CT molecular complexity index is 651. The molecule has 106 valence electrons. The zero-order valence-corrected chi connectivity index (χ0v) is 12.1. The van der Waals surface area contributed by atoms with Gasteiger partial charge in [-0.1, -0.05) is 23.7 Å². The number of methoxy groups -OCH3 is 1. The highest BCUT2D eigenvalue weighted by Gasteiger charge is 2.25. The third-order valence-electron chi connectivity index (χ3n) is 3.80. The van der Waals surface area contributed by atoms with Crippen molar-refractivity contribution in [3.05, 3.63) is 34.5 Å². The van der Waals surface area contributed by atoms with Gasteiger partial charge in [-0.2, -0.15) is 0 Å². The van der Waals surface area contributed by atoms with E-state index in [-0.39, 0.29) is 18.6 Å². The lowest BCUT2D eigenvalue weighted by Gasteiger charge is -2.23. The van der Waals surface area contributed by atoms with Crippen LogP contribution in [-0.4, -0.2) is 24.6 Å². The number of amides is 1. The number of nitrogens with one attached hydrogen (secondary N) is 2. The summed E-state index contributed by atoms with van der Waals surface area (Å²) >= 11 is 6.24. The Labute approximate surface area is 122 Å². The van der Waals surface area contributed by atoms with Gasteiger partial charge in [0.1, 0.15) is 6.61 Å². The first-order valence-corrected chi connectivity index (χ1v) is 7.15. The van der Waals surface area contributed by atoms with E-state index >= 15 is 0 Å². The highest BCUT2D eigenvalue weighted by atomic mass is 35.5. The predicted molar refractivity (Wildman–Crippen MR) is 79.0 cm³/mol. The smallest absolute Gasteiger partial charge is 0.246 e. The molecule has 1 aromatic carbocycles. The summed E-state index contributed by atoms with van der Waals surface area (Å²) in [5.41, 5.74) is 3.33. The summed E-state index contributed by atoms with van der Waals surface area (Å²) in [6, 6.07) is 5.94. The number of H-pyrrole nitrogens is 1. The minimum atomic E-state index is -0.0879. The van der Waals surface area contributed by atoms with Gasteiger partial charge in [-0.25, -0.2) is 0 Å². The van der Waals surface area contributed by atoms with Crippen LogP contribution in [-0.2, 0) is 16.0 Å². The molecule has 3 rings (SSSR count). The molecule has 0 saturated carbocycles. The average molecular weight is 293 g/mol. The number of rotatable bonds is 3. The molecule has 1 heterocycles. The first-order valence-electron chi connectivity index (χ1n) is 6.78. The molecule has 1 aliphatic carbocycles. The Balaban J connectivity index is 1.98. The molecule has 0 spiro atoms. The van der Waals surface area contributed by atoms with Crippen LogP contribution in [0.3, 0.4) is 0 Å². The number of carbonyl (C=O) groups excluding carboxylic acids is 1. The van der Waals surface area contributed by atoms with Crippen LogP contribution in [0.5, 0.6) is 0 Å². The summed E-state index contributed by atoms with van der Waals surface area (Å²) in [5, 5.41) is 4.90. The van der Waals surface area contributed by atoms with Crippen molar-refractivity contribution < 1.29 is 9.53 Å². The van der Waals surface area contributed by atoms with Crippen LogP contribution in [0.2, 0.25) is 5.02 Å². The van der Waals surface area contributed by atoms with E-state index in [4.69, 9.17) is 16.3 Å². The maximum absolute atomic E-state index is 11.7. The first kappa shape index (κ1) is 13.5. The van der Waals surface area contributed by atoms with Crippen LogP contribution < -0.4 is 5.32 Å². The third kappa shape index (κ3) is 2.30. The van der Waals surface area contributed by atoms with Crippen molar-refractivity contribution >= 4 is 28.4 Å². The lowest BCUT2D eigenvalue weighted by Crippen LogP contribution is -2.33. The second kappa shape index (κ2) is 5.46. The minimum Gasteiger partial charge on any atom is -0.375 e. The minimum absolute atomic E-state index is 0.0184. The van der Waals surface area contributed by atoms with Gasteiger partial charge >= 0.3 is 0 Å². The second-order valence-electron chi connectivity index (χ2n) is 5.12. The molecule has 0 fully saturated rings. The first-order chi connectivity index (χ1) is 9.70. The average Bonchev–Trinajstić information content (AvgIpc) is 2.81. The predicted octanol–water partition coefficient (Wildman–Crippen LogP) is 2.96.